The van der Waals surface area contributed by atoms with E-state index in [-0.39, 0.29) is 35.7 Å². The van der Waals surface area contributed by atoms with Crippen LogP contribution in [0.5, 0.6) is 0 Å². The molecule has 6 nitrogen and oxygen atoms in total. The Kier molecular flexibility index (Phi) is 7.38. The lowest BCUT2D eigenvalue weighted by Gasteiger charge is -2.31. The summed E-state index contributed by atoms with van der Waals surface area (Å²) < 4.78 is 70.9. The number of hydrogen-bond donors (Lipinski definition) is 2. The predicted octanol–water partition coefficient (Wildman–Crippen LogP) is 5.07. The van der Waals surface area contributed by atoms with Crippen molar-refractivity contribution in [2.75, 3.05) is 25.5 Å². The number of rotatable bonds is 8. The van der Waals surface area contributed by atoms with E-state index >= 15 is 0 Å². The molecule has 1 saturated heterocycles. The fraction of sp³-hybridized carbons (Fsp3) is 0.538. The second-order valence-corrected chi connectivity index (χ2v) is 10.2. The van der Waals surface area contributed by atoms with Crippen LogP contribution in [0.2, 0.25) is 0 Å². The number of carbonyl (C=O) groups is 1. The minimum atomic E-state index is -3.19. The van der Waals surface area contributed by atoms with Crippen molar-refractivity contribution in [3.63, 3.8) is 0 Å². The molecule has 11 heteroatoms. The SMILES string of the molecule is C[C@@H](NC(=O)c1cn(C2(C(C)(F)F)CC2)c(=O)cc1NC1CCN(C)CC1)c1cccc(C(F)F)c1F. The molecule has 0 spiro atoms. The first-order valence-electron chi connectivity index (χ1n) is 12.3. The molecule has 2 aromatic rings. The average molecular weight is 527 g/mol. The lowest BCUT2D eigenvalue weighted by molar-refractivity contribution is -0.0488. The Morgan fingerprint density at radius 1 is 1.16 bits per heavy atom. The van der Waals surface area contributed by atoms with Crippen molar-refractivity contribution in [2.24, 2.45) is 0 Å². The van der Waals surface area contributed by atoms with Crippen molar-refractivity contribution in [2.45, 2.75) is 69.5 Å². The molecule has 202 valence electrons. The van der Waals surface area contributed by atoms with Crippen LogP contribution >= 0.6 is 0 Å². The number of amides is 1. The van der Waals surface area contributed by atoms with Crippen molar-refractivity contribution < 1.29 is 26.7 Å². The van der Waals surface area contributed by atoms with Gasteiger partial charge in [-0.15, -0.1) is 0 Å². The van der Waals surface area contributed by atoms with E-state index in [2.05, 4.69) is 15.5 Å². The van der Waals surface area contributed by atoms with Gasteiger partial charge < -0.3 is 20.1 Å². The van der Waals surface area contributed by atoms with Crippen LogP contribution in [0.1, 0.15) is 73.5 Å². The number of nitrogens with zero attached hydrogens (tertiary/aromatic N) is 2. The maximum absolute atomic E-state index is 14.7. The Bertz CT molecular complexity index is 1210. The van der Waals surface area contributed by atoms with Crippen molar-refractivity contribution in [3.05, 3.63) is 63.3 Å². The molecule has 2 N–H and O–H groups in total. The molecule has 2 heterocycles. The molecular formula is C26H31F5N4O2. The number of aromatic nitrogens is 1. The maximum atomic E-state index is 14.7. The van der Waals surface area contributed by atoms with Crippen molar-refractivity contribution in [1.82, 2.24) is 14.8 Å². The third kappa shape index (κ3) is 5.37. The third-order valence-corrected chi connectivity index (χ3v) is 7.49. The first-order valence-corrected chi connectivity index (χ1v) is 12.3. The van der Waals surface area contributed by atoms with Crippen LogP contribution in [0, 0.1) is 5.82 Å². The van der Waals surface area contributed by atoms with Gasteiger partial charge in [0.2, 0.25) is 0 Å². The highest BCUT2D eigenvalue weighted by molar-refractivity contribution is 5.99. The lowest BCUT2D eigenvalue weighted by atomic mass is 10.0. The van der Waals surface area contributed by atoms with E-state index in [1.165, 1.54) is 19.1 Å². The molecule has 2 fully saturated rings. The summed E-state index contributed by atoms with van der Waals surface area (Å²) in [6.07, 6.45) is -0.220. The topological polar surface area (TPSA) is 66.4 Å². The number of anilines is 1. The quantitative estimate of drug-likeness (QED) is 0.472. The molecule has 2 aliphatic rings. The van der Waals surface area contributed by atoms with Gasteiger partial charge in [0.1, 0.15) is 11.4 Å². The van der Waals surface area contributed by atoms with Gasteiger partial charge in [-0.1, -0.05) is 18.2 Å². The Hall–Kier alpha value is -2.95. The van der Waals surface area contributed by atoms with Crippen LogP contribution in [0.15, 0.2) is 35.3 Å². The summed E-state index contributed by atoms with van der Waals surface area (Å²) in [5.74, 6) is -5.06. The van der Waals surface area contributed by atoms with Crippen molar-refractivity contribution in [3.8, 4) is 0 Å². The largest absolute Gasteiger partial charge is 0.381 e. The van der Waals surface area contributed by atoms with E-state index in [0.717, 1.165) is 55.8 Å². The standard InChI is InChI=1S/C26H31F5N4O2/c1-15(17-5-4-6-18(22(17)27)23(28)29)32-24(37)19-14-35(26(9-10-26)25(2,30)31)21(36)13-20(19)33-16-7-11-34(3)12-8-16/h4-6,13-16,23,33H,7-12H2,1-3H3,(H,32,37)/t15-/m1/s1. The Morgan fingerprint density at radius 3 is 2.35 bits per heavy atom. The first kappa shape index (κ1) is 27.1. The molecule has 4 rings (SSSR count). The van der Waals surface area contributed by atoms with Crippen LogP contribution in [-0.2, 0) is 5.54 Å². The van der Waals surface area contributed by atoms with Gasteiger partial charge in [0.05, 0.1) is 22.9 Å². The van der Waals surface area contributed by atoms with Gasteiger partial charge in [0.25, 0.3) is 23.8 Å². The molecule has 1 atom stereocenters. The Balaban J connectivity index is 1.69. The average Bonchev–Trinajstić information content (AvgIpc) is 3.62. The fourth-order valence-electron chi connectivity index (χ4n) is 4.97. The van der Waals surface area contributed by atoms with Gasteiger partial charge in [0.15, 0.2) is 0 Å². The molecule has 1 saturated carbocycles. The highest BCUT2D eigenvalue weighted by Crippen LogP contribution is 2.53. The summed E-state index contributed by atoms with van der Waals surface area (Å²) in [6, 6.07) is 3.64. The summed E-state index contributed by atoms with van der Waals surface area (Å²) in [5.41, 5.74) is -3.15. The smallest absolute Gasteiger partial charge is 0.268 e. The molecule has 37 heavy (non-hydrogen) atoms. The van der Waals surface area contributed by atoms with Crippen molar-refractivity contribution >= 4 is 11.6 Å². The van der Waals surface area contributed by atoms with Gasteiger partial charge in [-0.3, -0.25) is 9.59 Å². The van der Waals surface area contributed by atoms with Gasteiger partial charge in [-0.05, 0) is 52.7 Å². The van der Waals surface area contributed by atoms with Crippen LogP contribution < -0.4 is 16.2 Å². The number of likely N-dealkylation sites (tertiary alicyclic amines) is 1. The maximum Gasteiger partial charge on any atom is 0.268 e. The van der Waals surface area contributed by atoms with E-state index in [1.807, 2.05) is 7.05 Å². The molecule has 0 unspecified atom stereocenters. The predicted molar refractivity (Wildman–Crippen MR) is 130 cm³/mol. The minimum absolute atomic E-state index is 0.0434. The van der Waals surface area contributed by atoms with Crippen LogP contribution in [0.3, 0.4) is 0 Å². The summed E-state index contributed by atoms with van der Waals surface area (Å²) in [5, 5.41) is 5.80. The highest BCUT2D eigenvalue weighted by atomic mass is 19.3. The monoisotopic (exact) mass is 526 g/mol. The number of nitrogens with one attached hydrogen (secondary N) is 2. The molecule has 1 aromatic heterocycles. The second-order valence-electron chi connectivity index (χ2n) is 10.2. The van der Waals surface area contributed by atoms with E-state index < -0.39 is 46.8 Å². The van der Waals surface area contributed by atoms with E-state index in [1.54, 1.807) is 0 Å². The van der Waals surface area contributed by atoms with Gasteiger partial charge in [-0.25, -0.2) is 22.0 Å². The molecule has 1 aliphatic heterocycles. The van der Waals surface area contributed by atoms with Gasteiger partial charge in [0, 0.05) is 30.8 Å². The normalized spacial score (nSPS) is 19.1. The first-order chi connectivity index (χ1) is 17.3. The number of pyridine rings is 1. The molecule has 1 amide bonds. The van der Waals surface area contributed by atoms with E-state index in [4.69, 9.17) is 0 Å². The van der Waals surface area contributed by atoms with E-state index in [0.29, 0.717) is 0 Å². The number of halogens is 5. The second kappa shape index (κ2) is 10.1. The number of piperidine rings is 1. The number of alkyl halides is 4. The number of hydrogen-bond acceptors (Lipinski definition) is 4. The van der Waals surface area contributed by atoms with E-state index in [9.17, 15) is 31.5 Å². The minimum Gasteiger partial charge on any atom is -0.381 e. The summed E-state index contributed by atoms with van der Waals surface area (Å²) in [4.78, 5) is 28.5. The van der Waals surface area contributed by atoms with Gasteiger partial charge in [-0.2, -0.15) is 0 Å². The zero-order valence-electron chi connectivity index (χ0n) is 21.0. The molecular weight excluding hydrogens is 495 g/mol. The van der Waals surface area contributed by atoms with Crippen molar-refractivity contribution in [1.29, 1.82) is 0 Å². The fourth-order valence-corrected chi connectivity index (χ4v) is 4.97. The molecule has 1 aliphatic carbocycles. The number of carbonyl (C=O) groups excluding carboxylic acids is 1. The van der Waals surface area contributed by atoms with Gasteiger partial charge >= 0.3 is 0 Å². The zero-order valence-corrected chi connectivity index (χ0v) is 21.0. The molecule has 0 radical (unpaired) electrons. The summed E-state index contributed by atoms with van der Waals surface area (Å²) >= 11 is 0. The summed E-state index contributed by atoms with van der Waals surface area (Å²) in [7, 11) is 1.99. The van der Waals surface area contributed by atoms with Crippen LogP contribution in [0.4, 0.5) is 27.6 Å². The van der Waals surface area contributed by atoms with Crippen LogP contribution in [0.25, 0.3) is 0 Å². The Morgan fingerprint density at radius 2 is 1.78 bits per heavy atom. The Labute approximate surface area is 211 Å². The highest BCUT2D eigenvalue weighted by Gasteiger charge is 2.61. The number of benzene rings is 1. The lowest BCUT2D eigenvalue weighted by Crippen LogP contribution is -2.43. The van der Waals surface area contributed by atoms with Crippen LogP contribution in [-0.4, -0.2) is 47.5 Å². The molecule has 0 bridgehead atoms. The zero-order chi connectivity index (χ0) is 27.1. The summed E-state index contributed by atoms with van der Waals surface area (Å²) in [6.45, 7) is 3.79. The molecule has 1 aromatic carbocycles. The third-order valence-electron chi connectivity index (χ3n) is 7.49.